The molecule has 1 atom stereocenters. The van der Waals surface area contributed by atoms with Crippen LogP contribution in [-0.4, -0.2) is 59.1 Å². The van der Waals surface area contributed by atoms with Gasteiger partial charge in [0.1, 0.15) is 12.2 Å². The van der Waals surface area contributed by atoms with Gasteiger partial charge in [-0.15, -0.1) is 0 Å². The molecule has 1 N–H and O–H groups in total. The number of piperazine rings is 1. The lowest BCUT2D eigenvalue weighted by atomic mass is 10.0. The molecule has 0 bridgehead atoms. The maximum absolute atomic E-state index is 12.7. The van der Waals surface area contributed by atoms with Gasteiger partial charge in [-0.3, -0.25) is 14.5 Å². The van der Waals surface area contributed by atoms with Crippen LogP contribution in [0.15, 0.2) is 4.79 Å². The van der Waals surface area contributed by atoms with Crippen LogP contribution >= 0.6 is 0 Å². The fraction of sp³-hybridized carbons (Fsp3) is 0.533. The van der Waals surface area contributed by atoms with Crippen molar-refractivity contribution >= 4 is 12.0 Å². The van der Waals surface area contributed by atoms with E-state index in [4.69, 9.17) is 4.74 Å². The Labute approximate surface area is 127 Å². The third-order valence-electron chi connectivity index (χ3n) is 4.65. The number of H-pyrrole nitrogens is 1. The summed E-state index contributed by atoms with van der Waals surface area (Å²) in [7, 11) is 0. The van der Waals surface area contributed by atoms with Crippen molar-refractivity contribution in [1.82, 2.24) is 14.8 Å². The number of aryl methyl sites for hydroxylation is 1. The Kier molecular flexibility index (Phi) is 3.42. The minimum Gasteiger partial charge on any atom is -0.447 e. The lowest BCUT2D eigenvalue weighted by Crippen LogP contribution is -2.54. The fourth-order valence-corrected chi connectivity index (χ4v) is 3.05. The first-order valence-corrected chi connectivity index (χ1v) is 7.33. The summed E-state index contributed by atoms with van der Waals surface area (Å²) in [4.78, 5) is 42.4. The highest BCUT2D eigenvalue weighted by molar-refractivity contribution is 5.95. The molecule has 2 fully saturated rings. The second-order valence-electron chi connectivity index (χ2n) is 5.88. The SMILES string of the molecule is Cc1[nH]c(=O)c(C(=O)N2CCN3C(=O)OCC3C2)c(C)c1C. The van der Waals surface area contributed by atoms with Crippen LogP contribution < -0.4 is 5.56 Å². The molecule has 7 nitrogen and oxygen atoms in total. The van der Waals surface area contributed by atoms with E-state index in [1.807, 2.05) is 13.8 Å². The van der Waals surface area contributed by atoms with Gasteiger partial charge in [0.2, 0.25) is 0 Å². The zero-order valence-corrected chi connectivity index (χ0v) is 12.9. The molecule has 0 aliphatic carbocycles. The van der Waals surface area contributed by atoms with Crippen LogP contribution in [0.3, 0.4) is 0 Å². The first kappa shape index (κ1) is 14.6. The Bertz CT molecular complexity index is 709. The maximum atomic E-state index is 12.7. The summed E-state index contributed by atoms with van der Waals surface area (Å²) in [6.45, 7) is 7.05. The van der Waals surface area contributed by atoms with E-state index >= 15 is 0 Å². The zero-order valence-electron chi connectivity index (χ0n) is 12.9. The summed E-state index contributed by atoms with van der Waals surface area (Å²) >= 11 is 0. The predicted molar refractivity (Wildman–Crippen MR) is 79.0 cm³/mol. The Balaban J connectivity index is 1.88. The molecule has 22 heavy (non-hydrogen) atoms. The summed E-state index contributed by atoms with van der Waals surface area (Å²) in [6, 6.07) is -0.115. The van der Waals surface area contributed by atoms with Crippen molar-refractivity contribution < 1.29 is 14.3 Å². The fourth-order valence-electron chi connectivity index (χ4n) is 3.05. The number of nitrogens with zero attached hydrogens (tertiary/aromatic N) is 2. The van der Waals surface area contributed by atoms with E-state index in [0.717, 1.165) is 11.3 Å². The third kappa shape index (κ3) is 2.17. The lowest BCUT2D eigenvalue weighted by Gasteiger charge is -2.35. The van der Waals surface area contributed by atoms with Crippen LogP contribution in [0.1, 0.15) is 27.2 Å². The number of nitrogens with one attached hydrogen (secondary N) is 1. The largest absolute Gasteiger partial charge is 0.447 e. The normalized spacial score (nSPS) is 20.9. The van der Waals surface area contributed by atoms with Gasteiger partial charge in [-0.05, 0) is 31.9 Å². The van der Waals surface area contributed by atoms with Gasteiger partial charge in [-0.25, -0.2) is 4.79 Å². The molecular formula is C15H19N3O4. The third-order valence-corrected chi connectivity index (χ3v) is 4.65. The molecule has 3 heterocycles. The minimum absolute atomic E-state index is 0.115. The second-order valence-corrected chi connectivity index (χ2v) is 5.88. The van der Waals surface area contributed by atoms with Gasteiger partial charge in [0.25, 0.3) is 11.5 Å². The number of hydrogen-bond donors (Lipinski definition) is 1. The molecular weight excluding hydrogens is 286 g/mol. The van der Waals surface area contributed by atoms with Gasteiger partial charge in [0.15, 0.2) is 0 Å². The van der Waals surface area contributed by atoms with Gasteiger partial charge < -0.3 is 14.6 Å². The highest BCUT2D eigenvalue weighted by Crippen LogP contribution is 2.20. The van der Waals surface area contributed by atoms with Gasteiger partial charge in [0, 0.05) is 25.3 Å². The van der Waals surface area contributed by atoms with Crippen molar-refractivity contribution in [1.29, 1.82) is 0 Å². The average Bonchev–Trinajstić information content (AvgIpc) is 2.86. The summed E-state index contributed by atoms with van der Waals surface area (Å²) < 4.78 is 5.00. The standard InChI is InChI=1S/C15H19N3O4/c1-8-9(2)12(13(19)16-10(8)3)14(20)17-4-5-18-11(6-17)7-22-15(18)21/h11H,4-7H2,1-3H3,(H,16,19). The van der Waals surface area contributed by atoms with Gasteiger partial charge in [-0.2, -0.15) is 0 Å². The lowest BCUT2D eigenvalue weighted by molar-refractivity contribution is 0.0614. The first-order valence-electron chi connectivity index (χ1n) is 7.33. The average molecular weight is 305 g/mol. The van der Waals surface area contributed by atoms with Crippen LogP contribution in [0, 0.1) is 20.8 Å². The summed E-state index contributed by atoms with van der Waals surface area (Å²) in [5.74, 6) is -0.277. The van der Waals surface area contributed by atoms with Gasteiger partial charge in [0.05, 0.1) is 6.04 Å². The number of aromatic amines is 1. The number of carbonyl (C=O) groups excluding carboxylic acids is 2. The molecule has 3 rings (SSSR count). The molecule has 2 aliphatic rings. The molecule has 1 aromatic heterocycles. The second kappa shape index (κ2) is 5.15. The first-order chi connectivity index (χ1) is 10.4. The Morgan fingerprint density at radius 1 is 1.18 bits per heavy atom. The molecule has 2 aliphatic heterocycles. The minimum atomic E-state index is -0.355. The van der Waals surface area contributed by atoms with Crippen LogP contribution in [0.25, 0.3) is 0 Å². The van der Waals surface area contributed by atoms with Crippen molar-refractivity contribution in [3.8, 4) is 0 Å². The summed E-state index contributed by atoms with van der Waals surface area (Å²) in [5.41, 5.74) is 2.25. The van der Waals surface area contributed by atoms with E-state index in [0.29, 0.717) is 31.8 Å². The van der Waals surface area contributed by atoms with Crippen LogP contribution in [0.2, 0.25) is 0 Å². The van der Waals surface area contributed by atoms with Crippen molar-refractivity contribution in [2.45, 2.75) is 26.8 Å². The topological polar surface area (TPSA) is 82.7 Å². The van der Waals surface area contributed by atoms with Crippen LogP contribution in [0.5, 0.6) is 0 Å². The number of fused-ring (bicyclic) bond motifs is 1. The zero-order chi connectivity index (χ0) is 16.0. The molecule has 118 valence electrons. The van der Waals surface area contributed by atoms with E-state index < -0.39 is 0 Å². The molecule has 7 heteroatoms. The number of amides is 2. The van der Waals surface area contributed by atoms with Crippen molar-refractivity contribution in [3.05, 3.63) is 32.7 Å². The Morgan fingerprint density at radius 2 is 1.91 bits per heavy atom. The number of cyclic esters (lactones) is 1. The van der Waals surface area contributed by atoms with E-state index in [1.165, 1.54) is 0 Å². The molecule has 2 amide bonds. The number of pyridine rings is 1. The number of rotatable bonds is 1. The quantitative estimate of drug-likeness (QED) is 0.822. The number of hydrogen-bond acceptors (Lipinski definition) is 4. The smallest absolute Gasteiger partial charge is 0.410 e. The molecule has 2 saturated heterocycles. The summed E-state index contributed by atoms with van der Waals surface area (Å²) in [6.07, 6.45) is -0.322. The van der Waals surface area contributed by atoms with Crippen LogP contribution in [0.4, 0.5) is 4.79 Å². The van der Waals surface area contributed by atoms with Gasteiger partial charge in [-0.1, -0.05) is 0 Å². The summed E-state index contributed by atoms with van der Waals surface area (Å²) in [5, 5.41) is 0. The van der Waals surface area contributed by atoms with Gasteiger partial charge >= 0.3 is 6.09 Å². The number of carbonyl (C=O) groups is 2. The number of ether oxygens (including phenoxy) is 1. The van der Waals surface area contributed by atoms with E-state index in [2.05, 4.69) is 4.98 Å². The van der Waals surface area contributed by atoms with E-state index in [1.54, 1.807) is 16.7 Å². The molecule has 1 aromatic rings. The van der Waals surface area contributed by atoms with Crippen LogP contribution in [-0.2, 0) is 4.74 Å². The maximum Gasteiger partial charge on any atom is 0.410 e. The monoisotopic (exact) mass is 305 g/mol. The van der Waals surface area contributed by atoms with Crippen molar-refractivity contribution in [2.24, 2.45) is 0 Å². The van der Waals surface area contributed by atoms with Crippen molar-refractivity contribution in [3.63, 3.8) is 0 Å². The molecule has 0 spiro atoms. The van der Waals surface area contributed by atoms with E-state index in [-0.39, 0.29) is 29.2 Å². The highest BCUT2D eigenvalue weighted by Gasteiger charge is 2.39. The molecule has 0 saturated carbocycles. The molecule has 0 aromatic carbocycles. The Morgan fingerprint density at radius 3 is 2.64 bits per heavy atom. The molecule has 0 radical (unpaired) electrons. The molecule has 1 unspecified atom stereocenters. The predicted octanol–water partition coefficient (Wildman–Crippen LogP) is 0.577. The highest BCUT2D eigenvalue weighted by atomic mass is 16.6. The van der Waals surface area contributed by atoms with Crippen molar-refractivity contribution in [2.75, 3.05) is 26.2 Å². The van der Waals surface area contributed by atoms with E-state index in [9.17, 15) is 14.4 Å². The number of aromatic nitrogens is 1. The Hall–Kier alpha value is -2.31.